The second kappa shape index (κ2) is 7.09. The van der Waals surface area contributed by atoms with Crippen LogP contribution in [0.5, 0.6) is 0 Å². The van der Waals surface area contributed by atoms with Crippen LogP contribution in [0.2, 0.25) is 5.02 Å². The van der Waals surface area contributed by atoms with E-state index in [-0.39, 0.29) is 6.04 Å². The van der Waals surface area contributed by atoms with E-state index in [1.54, 1.807) is 0 Å². The Morgan fingerprint density at radius 1 is 1.21 bits per heavy atom. The van der Waals surface area contributed by atoms with Gasteiger partial charge in [-0.05, 0) is 55.9 Å². The monoisotopic (exact) mass is 278 g/mol. The topological polar surface area (TPSA) is 38.0 Å². The predicted molar refractivity (Wildman–Crippen MR) is 82.0 cm³/mol. The van der Waals surface area contributed by atoms with Crippen molar-refractivity contribution in [3.8, 4) is 0 Å². The van der Waals surface area contributed by atoms with Crippen molar-refractivity contribution in [1.29, 1.82) is 0 Å². The van der Waals surface area contributed by atoms with Gasteiger partial charge in [-0.15, -0.1) is 0 Å². The predicted octanol–water partition coefficient (Wildman–Crippen LogP) is 4.43. The van der Waals surface area contributed by atoms with Gasteiger partial charge in [-0.25, -0.2) is 5.43 Å². The highest BCUT2D eigenvalue weighted by atomic mass is 35.5. The molecule has 0 amide bonds. The van der Waals surface area contributed by atoms with E-state index in [1.807, 2.05) is 12.1 Å². The first kappa shape index (κ1) is 14.6. The van der Waals surface area contributed by atoms with E-state index in [0.717, 1.165) is 17.9 Å². The van der Waals surface area contributed by atoms with Crippen molar-refractivity contribution in [1.82, 2.24) is 5.43 Å². The number of nitrogens with two attached hydrogens (primary N) is 1. The Labute approximate surface area is 121 Å². The molecular weight excluding hydrogens is 256 g/mol. The van der Waals surface area contributed by atoms with Crippen LogP contribution in [0.3, 0.4) is 0 Å². The fourth-order valence-electron chi connectivity index (χ4n) is 2.80. The Balaban J connectivity index is 2.29. The Kier molecular flexibility index (Phi) is 5.44. The van der Waals surface area contributed by atoms with Crippen LogP contribution in [0.4, 0.5) is 0 Å². The molecule has 0 saturated carbocycles. The number of hydrazine groups is 1. The molecule has 104 valence electrons. The Hall–Kier alpha value is -0.830. The summed E-state index contributed by atoms with van der Waals surface area (Å²) in [5, 5.41) is 0.771. The summed E-state index contributed by atoms with van der Waals surface area (Å²) in [6, 6.07) is 6.12. The molecule has 2 nitrogen and oxygen atoms in total. The Bertz CT molecular complexity index is 454. The fourth-order valence-corrected chi connectivity index (χ4v) is 2.98. The molecule has 1 aromatic carbocycles. The van der Waals surface area contributed by atoms with Gasteiger partial charge in [-0.2, -0.15) is 0 Å². The van der Waals surface area contributed by atoms with Crippen LogP contribution in [-0.4, -0.2) is 0 Å². The molecule has 1 unspecified atom stereocenters. The zero-order chi connectivity index (χ0) is 13.7. The van der Waals surface area contributed by atoms with Crippen LogP contribution in [0.1, 0.15) is 55.7 Å². The molecule has 3 N–H and O–H groups in total. The SMILES string of the molecule is Cc1ccc(Cl)cc1C(NN)/C1=C/CCCCCC1. The molecule has 0 saturated heterocycles. The molecule has 0 aliphatic heterocycles. The number of rotatable bonds is 3. The third kappa shape index (κ3) is 3.82. The summed E-state index contributed by atoms with van der Waals surface area (Å²) in [7, 11) is 0. The molecule has 0 fully saturated rings. The first-order chi connectivity index (χ1) is 9.22. The first-order valence-electron chi connectivity index (χ1n) is 7.13. The molecule has 1 aliphatic rings. The maximum Gasteiger partial charge on any atom is 0.0673 e. The summed E-state index contributed by atoms with van der Waals surface area (Å²) in [5.41, 5.74) is 6.82. The van der Waals surface area contributed by atoms with Crippen molar-refractivity contribution >= 4 is 11.6 Å². The molecule has 19 heavy (non-hydrogen) atoms. The lowest BCUT2D eigenvalue weighted by Gasteiger charge is -2.23. The van der Waals surface area contributed by atoms with Gasteiger partial charge in [-0.1, -0.05) is 42.2 Å². The zero-order valence-electron chi connectivity index (χ0n) is 11.6. The Morgan fingerprint density at radius 3 is 2.79 bits per heavy atom. The van der Waals surface area contributed by atoms with Crippen molar-refractivity contribution in [3.63, 3.8) is 0 Å². The molecule has 0 heterocycles. The lowest BCUT2D eigenvalue weighted by Crippen LogP contribution is -2.30. The summed E-state index contributed by atoms with van der Waals surface area (Å²) >= 11 is 6.13. The summed E-state index contributed by atoms with van der Waals surface area (Å²) in [6.45, 7) is 2.11. The smallest absolute Gasteiger partial charge is 0.0673 e. The van der Waals surface area contributed by atoms with Gasteiger partial charge >= 0.3 is 0 Å². The maximum absolute atomic E-state index is 6.13. The third-order valence-corrected chi connectivity index (χ3v) is 4.15. The second-order valence-electron chi connectivity index (χ2n) is 5.33. The largest absolute Gasteiger partial charge is 0.271 e. The summed E-state index contributed by atoms with van der Waals surface area (Å²) < 4.78 is 0. The number of nitrogens with one attached hydrogen (secondary N) is 1. The Morgan fingerprint density at radius 2 is 2.00 bits per heavy atom. The molecule has 1 atom stereocenters. The molecule has 3 heteroatoms. The average Bonchev–Trinajstić information content (AvgIpc) is 2.36. The van der Waals surface area contributed by atoms with Gasteiger partial charge in [-0.3, -0.25) is 5.84 Å². The van der Waals surface area contributed by atoms with Crippen LogP contribution in [0.15, 0.2) is 29.8 Å². The standard InChI is InChI=1S/C16H23ClN2/c1-12-9-10-14(17)11-15(12)16(19-18)13-7-5-3-2-4-6-8-13/h7,9-11,16,19H,2-6,8,18H2,1H3/b13-7+. The maximum atomic E-state index is 6.13. The molecule has 2 rings (SSSR count). The zero-order valence-corrected chi connectivity index (χ0v) is 12.3. The first-order valence-corrected chi connectivity index (χ1v) is 7.51. The number of halogens is 1. The molecular formula is C16H23ClN2. The highest BCUT2D eigenvalue weighted by Crippen LogP contribution is 2.31. The van der Waals surface area contributed by atoms with E-state index < -0.39 is 0 Å². The second-order valence-corrected chi connectivity index (χ2v) is 5.77. The van der Waals surface area contributed by atoms with E-state index in [9.17, 15) is 0 Å². The number of allylic oxidation sites excluding steroid dienone is 1. The lowest BCUT2D eigenvalue weighted by atomic mass is 9.89. The normalized spacial score (nSPS) is 21.1. The third-order valence-electron chi connectivity index (χ3n) is 3.92. The fraction of sp³-hybridized carbons (Fsp3) is 0.500. The molecule has 0 spiro atoms. The highest BCUT2D eigenvalue weighted by molar-refractivity contribution is 6.30. The van der Waals surface area contributed by atoms with Gasteiger partial charge < -0.3 is 0 Å². The lowest BCUT2D eigenvalue weighted by molar-refractivity contribution is 0.554. The van der Waals surface area contributed by atoms with Gasteiger partial charge in [0.25, 0.3) is 0 Å². The summed E-state index contributed by atoms with van der Waals surface area (Å²) in [5.74, 6) is 5.81. The van der Waals surface area contributed by atoms with Crippen LogP contribution >= 0.6 is 11.6 Å². The van der Waals surface area contributed by atoms with Crippen LogP contribution < -0.4 is 11.3 Å². The number of hydrogen-bond donors (Lipinski definition) is 2. The van der Waals surface area contributed by atoms with Gasteiger partial charge in [0, 0.05) is 5.02 Å². The molecule has 0 aromatic heterocycles. The van der Waals surface area contributed by atoms with Crippen LogP contribution in [0.25, 0.3) is 0 Å². The van der Waals surface area contributed by atoms with Crippen LogP contribution in [0, 0.1) is 6.92 Å². The van der Waals surface area contributed by atoms with Crippen LogP contribution in [-0.2, 0) is 0 Å². The van der Waals surface area contributed by atoms with E-state index >= 15 is 0 Å². The van der Waals surface area contributed by atoms with E-state index in [0.29, 0.717) is 0 Å². The van der Waals surface area contributed by atoms with E-state index in [2.05, 4.69) is 24.5 Å². The van der Waals surface area contributed by atoms with Gasteiger partial charge in [0.2, 0.25) is 0 Å². The van der Waals surface area contributed by atoms with Crippen molar-refractivity contribution in [2.75, 3.05) is 0 Å². The quantitative estimate of drug-likeness (QED) is 0.487. The highest BCUT2D eigenvalue weighted by Gasteiger charge is 2.18. The van der Waals surface area contributed by atoms with Gasteiger partial charge in [0.1, 0.15) is 0 Å². The van der Waals surface area contributed by atoms with Gasteiger partial charge in [0.05, 0.1) is 6.04 Å². The molecule has 0 bridgehead atoms. The van der Waals surface area contributed by atoms with E-state index in [1.165, 1.54) is 42.4 Å². The average molecular weight is 279 g/mol. The van der Waals surface area contributed by atoms with Gasteiger partial charge in [0.15, 0.2) is 0 Å². The van der Waals surface area contributed by atoms with E-state index in [4.69, 9.17) is 17.4 Å². The number of benzene rings is 1. The minimum absolute atomic E-state index is 0.0943. The van der Waals surface area contributed by atoms with Crippen molar-refractivity contribution in [3.05, 3.63) is 46.0 Å². The summed E-state index contributed by atoms with van der Waals surface area (Å²) in [6.07, 6.45) is 9.86. The number of aryl methyl sites for hydroxylation is 1. The minimum Gasteiger partial charge on any atom is -0.271 e. The molecule has 1 aromatic rings. The van der Waals surface area contributed by atoms with Crippen molar-refractivity contribution in [2.24, 2.45) is 5.84 Å². The van der Waals surface area contributed by atoms with Crippen molar-refractivity contribution in [2.45, 2.75) is 51.5 Å². The molecule has 1 aliphatic carbocycles. The molecule has 0 radical (unpaired) electrons. The number of hydrogen-bond acceptors (Lipinski definition) is 2. The van der Waals surface area contributed by atoms with Crippen molar-refractivity contribution < 1.29 is 0 Å². The summed E-state index contributed by atoms with van der Waals surface area (Å²) in [4.78, 5) is 0. The minimum atomic E-state index is 0.0943.